The summed E-state index contributed by atoms with van der Waals surface area (Å²) in [5, 5.41) is 16.9. The lowest BCUT2D eigenvalue weighted by molar-refractivity contribution is -0.384. The van der Waals surface area contributed by atoms with Crippen LogP contribution in [0, 0.1) is 10.1 Å². The minimum absolute atomic E-state index is 0.0336. The Kier molecular flexibility index (Phi) is 4.95. The minimum atomic E-state index is -0.435. The molecular weight excluding hydrogens is 328 g/mol. The number of carbonyl (C=O) groups excluding carboxylic acids is 1. The first-order chi connectivity index (χ1) is 11.6. The molecular formula is C16H18N4O3S. The van der Waals surface area contributed by atoms with Crippen LogP contribution in [0.3, 0.4) is 0 Å². The van der Waals surface area contributed by atoms with Crippen LogP contribution in [0.4, 0.5) is 15.5 Å². The summed E-state index contributed by atoms with van der Waals surface area (Å²) < 4.78 is 0. The third-order valence-corrected chi connectivity index (χ3v) is 4.88. The van der Waals surface area contributed by atoms with Crippen LogP contribution in [0.2, 0.25) is 0 Å². The Morgan fingerprint density at radius 1 is 1.21 bits per heavy atom. The van der Waals surface area contributed by atoms with Crippen molar-refractivity contribution in [2.45, 2.75) is 6.54 Å². The van der Waals surface area contributed by atoms with E-state index >= 15 is 0 Å². The third-order valence-electron chi connectivity index (χ3n) is 3.95. The van der Waals surface area contributed by atoms with Crippen LogP contribution in [0.5, 0.6) is 0 Å². The maximum Gasteiger partial charge on any atom is 0.317 e. The van der Waals surface area contributed by atoms with E-state index in [-0.39, 0.29) is 18.3 Å². The molecule has 2 heterocycles. The van der Waals surface area contributed by atoms with E-state index in [0.717, 1.165) is 18.7 Å². The molecule has 126 valence electrons. The summed E-state index contributed by atoms with van der Waals surface area (Å²) in [6, 6.07) is 10.3. The summed E-state index contributed by atoms with van der Waals surface area (Å²) in [6.07, 6.45) is 0. The number of nitrogens with zero attached hydrogens (tertiary/aromatic N) is 3. The number of hydrogen-bond acceptors (Lipinski definition) is 5. The Hall–Kier alpha value is -2.61. The Morgan fingerprint density at radius 3 is 2.67 bits per heavy atom. The zero-order valence-corrected chi connectivity index (χ0v) is 13.9. The largest absolute Gasteiger partial charge is 0.360 e. The molecule has 0 unspecified atom stereocenters. The molecule has 1 aromatic heterocycles. The summed E-state index contributed by atoms with van der Waals surface area (Å²) in [5.74, 6) is 0. The van der Waals surface area contributed by atoms with Gasteiger partial charge in [-0.05, 0) is 23.1 Å². The quantitative estimate of drug-likeness (QED) is 0.682. The van der Waals surface area contributed by atoms with Crippen LogP contribution in [-0.4, -0.2) is 42.0 Å². The average Bonchev–Trinajstić information content (AvgIpc) is 3.14. The van der Waals surface area contributed by atoms with Crippen molar-refractivity contribution in [3.05, 3.63) is 57.5 Å². The molecule has 1 saturated heterocycles. The van der Waals surface area contributed by atoms with Gasteiger partial charge in [0.05, 0.1) is 9.92 Å². The molecule has 0 bridgehead atoms. The molecule has 1 aliphatic heterocycles. The highest BCUT2D eigenvalue weighted by Crippen LogP contribution is 2.22. The van der Waals surface area contributed by atoms with Gasteiger partial charge in [0.15, 0.2) is 0 Å². The van der Waals surface area contributed by atoms with Crippen molar-refractivity contribution in [3.63, 3.8) is 0 Å². The predicted molar refractivity (Wildman–Crippen MR) is 93.4 cm³/mol. The summed E-state index contributed by atoms with van der Waals surface area (Å²) >= 11 is 1.70. The Labute approximate surface area is 143 Å². The number of nitrogens with one attached hydrogen (secondary N) is 1. The standard InChI is InChI=1S/C16H18N4O3S/c21-16(17-12-13-3-1-4-14(11-13)20(22)23)19-8-6-18(7-9-19)15-5-2-10-24-15/h1-5,10-11H,6-9,12H2,(H,17,21). The van der Waals surface area contributed by atoms with Crippen LogP contribution < -0.4 is 10.2 Å². The van der Waals surface area contributed by atoms with Crippen LogP contribution >= 0.6 is 11.3 Å². The van der Waals surface area contributed by atoms with Crippen molar-refractivity contribution in [2.24, 2.45) is 0 Å². The fourth-order valence-electron chi connectivity index (χ4n) is 2.65. The van der Waals surface area contributed by atoms with E-state index in [1.807, 2.05) is 11.4 Å². The van der Waals surface area contributed by atoms with Crippen molar-refractivity contribution in [1.82, 2.24) is 10.2 Å². The molecule has 3 rings (SSSR count). The SMILES string of the molecule is O=C(NCc1cccc([N+](=O)[O-])c1)N1CCN(c2cccs2)CC1. The third kappa shape index (κ3) is 3.83. The number of nitro benzene ring substituents is 1. The van der Waals surface area contributed by atoms with Crippen molar-refractivity contribution in [3.8, 4) is 0 Å². The smallest absolute Gasteiger partial charge is 0.317 e. The molecule has 0 spiro atoms. The summed E-state index contributed by atoms with van der Waals surface area (Å²) in [7, 11) is 0. The first kappa shape index (κ1) is 16.3. The van der Waals surface area contributed by atoms with Crippen molar-refractivity contribution in [1.29, 1.82) is 0 Å². The molecule has 1 aliphatic rings. The van der Waals surface area contributed by atoms with E-state index in [1.165, 1.54) is 17.1 Å². The molecule has 2 amide bonds. The molecule has 7 nitrogen and oxygen atoms in total. The number of anilines is 1. The summed E-state index contributed by atoms with van der Waals surface area (Å²) in [4.78, 5) is 26.6. The lowest BCUT2D eigenvalue weighted by Crippen LogP contribution is -2.51. The highest BCUT2D eigenvalue weighted by Gasteiger charge is 2.21. The van der Waals surface area contributed by atoms with Gasteiger partial charge < -0.3 is 15.1 Å². The van der Waals surface area contributed by atoms with Crippen molar-refractivity contribution < 1.29 is 9.72 Å². The van der Waals surface area contributed by atoms with Crippen LogP contribution in [-0.2, 0) is 6.54 Å². The van der Waals surface area contributed by atoms with Crippen LogP contribution in [0.15, 0.2) is 41.8 Å². The zero-order valence-electron chi connectivity index (χ0n) is 13.1. The maximum atomic E-state index is 12.2. The van der Waals surface area contributed by atoms with E-state index in [2.05, 4.69) is 16.3 Å². The van der Waals surface area contributed by atoms with E-state index in [9.17, 15) is 14.9 Å². The van der Waals surface area contributed by atoms with E-state index in [0.29, 0.717) is 13.1 Å². The van der Waals surface area contributed by atoms with Gasteiger partial charge in [0.25, 0.3) is 5.69 Å². The molecule has 0 atom stereocenters. The van der Waals surface area contributed by atoms with Crippen LogP contribution in [0.1, 0.15) is 5.56 Å². The maximum absolute atomic E-state index is 12.2. The van der Waals surface area contributed by atoms with Gasteiger partial charge >= 0.3 is 6.03 Å². The second-order valence-corrected chi connectivity index (χ2v) is 6.44. The van der Waals surface area contributed by atoms with Gasteiger partial charge in [-0.1, -0.05) is 12.1 Å². The zero-order chi connectivity index (χ0) is 16.9. The van der Waals surface area contributed by atoms with Gasteiger partial charge in [0, 0.05) is 44.9 Å². The fraction of sp³-hybridized carbons (Fsp3) is 0.312. The number of benzene rings is 1. The van der Waals surface area contributed by atoms with Gasteiger partial charge in [-0.3, -0.25) is 10.1 Å². The Bertz CT molecular complexity index is 712. The molecule has 2 aromatic rings. The number of thiophene rings is 1. The molecule has 1 aromatic carbocycles. The highest BCUT2D eigenvalue weighted by atomic mass is 32.1. The monoisotopic (exact) mass is 346 g/mol. The van der Waals surface area contributed by atoms with Gasteiger partial charge in [0.2, 0.25) is 0 Å². The lowest BCUT2D eigenvalue weighted by atomic mass is 10.2. The van der Waals surface area contributed by atoms with Gasteiger partial charge in [-0.15, -0.1) is 11.3 Å². The minimum Gasteiger partial charge on any atom is -0.360 e. The first-order valence-electron chi connectivity index (χ1n) is 7.68. The van der Waals surface area contributed by atoms with Gasteiger partial charge in [0.1, 0.15) is 0 Å². The number of carbonyl (C=O) groups is 1. The van der Waals surface area contributed by atoms with Crippen LogP contribution in [0.25, 0.3) is 0 Å². The average molecular weight is 346 g/mol. The number of rotatable bonds is 4. The Balaban J connectivity index is 1.49. The molecule has 0 radical (unpaired) electrons. The lowest BCUT2D eigenvalue weighted by Gasteiger charge is -2.35. The second-order valence-electron chi connectivity index (χ2n) is 5.51. The summed E-state index contributed by atoms with van der Waals surface area (Å²) in [6.45, 7) is 3.23. The topological polar surface area (TPSA) is 78.7 Å². The number of amides is 2. The molecule has 0 aliphatic carbocycles. The van der Waals surface area contributed by atoms with Crippen molar-refractivity contribution >= 4 is 28.1 Å². The molecule has 24 heavy (non-hydrogen) atoms. The number of hydrogen-bond donors (Lipinski definition) is 1. The number of non-ortho nitro benzene ring substituents is 1. The highest BCUT2D eigenvalue weighted by molar-refractivity contribution is 7.14. The van der Waals surface area contributed by atoms with E-state index in [1.54, 1.807) is 28.4 Å². The normalized spacial score (nSPS) is 14.5. The number of piperazine rings is 1. The van der Waals surface area contributed by atoms with E-state index in [4.69, 9.17) is 0 Å². The second kappa shape index (κ2) is 7.31. The molecule has 1 fully saturated rings. The predicted octanol–water partition coefficient (Wildman–Crippen LogP) is 2.69. The van der Waals surface area contributed by atoms with Gasteiger partial charge in [-0.2, -0.15) is 0 Å². The van der Waals surface area contributed by atoms with Crippen molar-refractivity contribution in [2.75, 3.05) is 31.1 Å². The fourth-order valence-corrected chi connectivity index (χ4v) is 3.43. The Morgan fingerprint density at radius 2 is 2.00 bits per heavy atom. The van der Waals surface area contributed by atoms with Gasteiger partial charge in [-0.25, -0.2) is 4.79 Å². The van der Waals surface area contributed by atoms with E-state index < -0.39 is 4.92 Å². The number of nitro groups is 1. The molecule has 0 saturated carbocycles. The summed E-state index contributed by atoms with van der Waals surface area (Å²) in [5.41, 5.74) is 0.751. The molecule has 1 N–H and O–H groups in total. The first-order valence-corrected chi connectivity index (χ1v) is 8.56. The molecule has 8 heteroatoms. The number of urea groups is 1.